The van der Waals surface area contributed by atoms with E-state index < -0.39 is 0 Å². The van der Waals surface area contributed by atoms with E-state index in [9.17, 15) is 14.4 Å². The number of aryl methyl sites for hydroxylation is 1. The van der Waals surface area contributed by atoms with Crippen LogP contribution >= 0.6 is 0 Å². The first-order valence-electron chi connectivity index (χ1n) is 9.80. The van der Waals surface area contributed by atoms with Gasteiger partial charge in [0.25, 0.3) is 17.7 Å². The normalized spacial score (nSPS) is 12.8. The maximum Gasteiger partial charge on any atom is 0.261 e. The van der Waals surface area contributed by atoms with Crippen LogP contribution in [0.1, 0.15) is 47.8 Å². The van der Waals surface area contributed by atoms with E-state index >= 15 is 0 Å². The minimum atomic E-state index is -0.302. The average molecular weight is 398 g/mol. The fraction of sp³-hybridized carbons (Fsp3) is 0.160. The van der Waals surface area contributed by atoms with E-state index in [-0.39, 0.29) is 24.3 Å². The van der Waals surface area contributed by atoms with Gasteiger partial charge in [0.15, 0.2) is 0 Å². The van der Waals surface area contributed by atoms with Crippen molar-refractivity contribution in [3.05, 3.63) is 106 Å². The number of carbonyl (C=O) groups is 3. The zero-order valence-corrected chi connectivity index (χ0v) is 17.0. The molecule has 3 amide bonds. The van der Waals surface area contributed by atoms with E-state index in [0.717, 1.165) is 16.7 Å². The Hall–Kier alpha value is -3.73. The summed E-state index contributed by atoms with van der Waals surface area (Å²) in [6, 6.07) is 21.9. The molecule has 0 radical (unpaired) electrons. The van der Waals surface area contributed by atoms with Crippen LogP contribution in [0.2, 0.25) is 0 Å². The molecule has 0 aliphatic carbocycles. The van der Waals surface area contributed by atoms with Crippen LogP contribution in [0, 0.1) is 6.92 Å². The summed E-state index contributed by atoms with van der Waals surface area (Å²) in [6.07, 6.45) is 0. The molecule has 1 aliphatic rings. The molecular weight excluding hydrogens is 376 g/mol. The molecule has 0 atom stereocenters. The van der Waals surface area contributed by atoms with Crippen molar-refractivity contribution in [3.8, 4) is 0 Å². The summed E-state index contributed by atoms with van der Waals surface area (Å²) in [4.78, 5) is 41.0. The first-order chi connectivity index (χ1) is 14.5. The average Bonchev–Trinajstić information content (AvgIpc) is 3.00. The topological polar surface area (TPSA) is 57.7 Å². The van der Waals surface area contributed by atoms with Crippen molar-refractivity contribution in [1.82, 2.24) is 9.80 Å². The van der Waals surface area contributed by atoms with Gasteiger partial charge in [0.1, 0.15) is 0 Å². The summed E-state index contributed by atoms with van der Waals surface area (Å²) in [6.45, 7) is 2.67. The smallest absolute Gasteiger partial charge is 0.261 e. The van der Waals surface area contributed by atoms with Gasteiger partial charge in [-0.05, 0) is 47.9 Å². The Morgan fingerprint density at radius 2 is 1.50 bits per heavy atom. The first kappa shape index (κ1) is 19.6. The van der Waals surface area contributed by atoms with Crippen LogP contribution in [0.4, 0.5) is 0 Å². The molecule has 0 saturated heterocycles. The fourth-order valence-corrected chi connectivity index (χ4v) is 3.70. The highest BCUT2D eigenvalue weighted by Gasteiger charge is 2.35. The van der Waals surface area contributed by atoms with Gasteiger partial charge in [-0.15, -0.1) is 0 Å². The highest BCUT2D eigenvalue weighted by atomic mass is 16.2. The number of rotatable bonds is 5. The molecule has 0 unspecified atom stereocenters. The van der Waals surface area contributed by atoms with E-state index in [1.165, 1.54) is 4.90 Å². The molecule has 0 saturated carbocycles. The van der Waals surface area contributed by atoms with Gasteiger partial charge in [0.2, 0.25) is 0 Å². The largest absolute Gasteiger partial charge is 0.337 e. The first-order valence-corrected chi connectivity index (χ1v) is 9.80. The van der Waals surface area contributed by atoms with Gasteiger partial charge in [-0.1, -0.05) is 48.5 Å². The lowest BCUT2D eigenvalue weighted by atomic mass is 10.1. The number of carbonyl (C=O) groups excluding carboxylic acids is 3. The SMILES string of the molecule is Cc1ccccc1CN(C)C(=O)c1cccc(CN2C(=O)c3ccccc3C2=O)c1. The third kappa shape index (κ3) is 3.62. The standard InChI is InChI=1S/C25H22N2O3/c1-17-8-3-4-10-20(17)16-26(2)23(28)19-11-7-9-18(14-19)15-27-24(29)21-12-5-6-13-22(21)25(27)30/h3-14H,15-16H2,1-2H3. The summed E-state index contributed by atoms with van der Waals surface area (Å²) in [7, 11) is 1.77. The number of hydrogen-bond acceptors (Lipinski definition) is 3. The molecule has 0 aromatic heterocycles. The Balaban J connectivity index is 1.51. The minimum absolute atomic E-state index is 0.109. The Morgan fingerprint density at radius 3 is 2.17 bits per heavy atom. The predicted octanol–water partition coefficient (Wildman–Crippen LogP) is 4.06. The van der Waals surface area contributed by atoms with Gasteiger partial charge >= 0.3 is 0 Å². The van der Waals surface area contributed by atoms with E-state index in [4.69, 9.17) is 0 Å². The molecule has 0 spiro atoms. The van der Waals surface area contributed by atoms with Crippen LogP contribution in [-0.4, -0.2) is 34.6 Å². The van der Waals surface area contributed by atoms with Gasteiger partial charge in [-0.2, -0.15) is 0 Å². The third-order valence-corrected chi connectivity index (χ3v) is 5.41. The lowest BCUT2D eigenvalue weighted by molar-refractivity contribution is 0.0642. The number of amides is 3. The van der Waals surface area contributed by atoms with Crippen LogP contribution in [0.15, 0.2) is 72.8 Å². The number of nitrogens with zero attached hydrogens (tertiary/aromatic N) is 2. The van der Waals surface area contributed by atoms with Crippen molar-refractivity contribution >= 4 is 17.7 Å². The Morgan fingerprint density at radius 1 is 0.867 bits per heavy atom. The lowest BCUT2D eigenvalue weighted by Crippen LogP contribution is -2.29. The minimum Gasteiger partial charge on any atom is -0.337 e. The molecule has 0 N–H and O–H groups in total. The van der Waals surface area contributed by atoms with Crippen molar-refractivity contribution in [2.24, 2.45) is 0 Å². The van der Waals surface area contributed by atoms with Gasteiger partial charge in [-0.25, -0.2) is 0 Å². The number of benzene rings is 3. The van der Waals surface area contributed by atoms with Crippen molar-refractivity contribution in [2.45, 2.75) is 20.0 Å². The summed E-state index contributed by atoms with van der Waals surface area (Å²) < 4.78 is 0. The van der Waals surface area contributed by atoms with Crippen LogP contribution in [0.5, 0.6) is 0 Å². The summed E-state index contributed by atoms with van der Waals surface area (Å²) in [5.41, 5.74) is 4.34. The second-order valence-electron chi connectivity index (χ2n) is 7.53. The van der Waals surface area contributed by atoms with Gasteiger partial charge in [0.05, 0.1) is 17.7 Å². The van der Waals surface area contributed by atoms with Crippen LogP contribution < -0.4 is 0 Å². The van der Waals surface area contributed by atoms with E-state index in [0.29, 0.717) is 23.2 Å². The van der Waals surface area contributed by atoms with Gasteiger partial charge in [0, 0.05) is 19.2 Å². The van der Waals surface area contributed by atoms with Crippen molar-refractivity contribution < 1.29 is 14.4 Å². The molecule has 0 bridgehead atoms. The highest BCUT2D eigenvalue weighted by Crippen LogP contribution is 2.24. The summed E-state index contributed by atoms with van der Waals surface area (Å²) in [5, 5.41) is 0. The Labute approximate surface area is 175 Å². The second-order valence-corrected chi connectivity index (χ2v) is 7.53. The van der Waals surface area contributed by atoms with E-state index in [2.05, 4.69) is 0 Å². The maximum absolute atomic E-state index is 12.9. The van der Waals surface area contributed by atoms with E-state index in [1.807, 2.05) is 37.3 Å². The number of hydrogen-bond donors (Lipinski definition) is 0. The van der Waals surface area contributed by atoms with Gasteiger partial charge in [-0.3, -0.25) is 19.3 Å². The predicted molar refractivity (Wildman–Crippen MR) is 114 cm³/mol. The van der Waals surface area contributed by atoms with Gasteiger partial charge < -0.3 is 4.90 Å². The zero-order chi connectivity index (χ0) is 21.3. The van der Waals surface area contributed by atoms with E-state index in [1.54, 1.807) is 54.4 Å². The Kier molecular flexibility index (Phi) is 5.19. The Bertz CT molecular complexity index is 1120. The molecule has 4 rings (SSSR count). The van der Waals surface area contributed by atoms with Crippen molar-refractivity contribution in [2.75, 3.05) is 7.05 Å². The quantitative estimate of drug-likeness (QED) is 0.609. The second kappa shape index (κ2) is 7.95. The molecule has 5 heteroatoms. The zero-order valence-electron chi connectivity index (χ0n) is 17.0. The fourth-order valence-electron chi connectivity index (χ4n) is 3.70. The molecule has 1 aliphatic heterocycles. The maximum atomic E-state index is 12.9. The van der Waals surface area contributed by atoms with Crippen LogP contribution in [0.3, 0.4) is 0 Å². The summed E-state index contributed by atoms with van der Waals surface area (Å²) >= 11 is 0. The molecule has 0 fully saturated rings. The van der Waals surface area contributed by atoms with Crippen molar-refractivity contribution in [3.63, 3.8) is 0 Å². The molecule has 5 nitrogen and oxygen atoms in total. The molecule has 1 heterocycles. The molecular formula is C25H22N2O3. The molecule has 3 aromatic rings. The monoisotopic (exact) mass is 398 g/mol. The van der Waals surface area contributed by atoms with Crippen LogP contribution in [-0.2, 0) is 13.1 Å². The lowest BCUT2D eigenvalue weighted by Gasteiger charge is -2.19. The summed E-state index contributed by atoms with van der Waals surface area (Å²) in [5.74, 6) is -0.713. The molecule has 3 aromatic carbocycles. The third-order valence-electron chi connectivity index (χ3n) is 5.41. The highest BCUT2D eigenvalue weighted by molar-refractivity contribution is 6.21. The molecule has 150 valence electrons. The number of imide groups is 1. The number of fused-ring (bicyclic) bond motifs is 1. The van der Waals surface area contributed by atoms with Crippen LogP contribution in [0.25, 0.3) is 0 Å². The van der Waals surface area contributed by atoms with Crippen molar-refractivity contribution in [1.29, 1.82) is 0 Å². The molecule has 30 heavy (non-hydrogen) atoms.